The van der Waals surface area contributed by atoms with Gasteiger partial charge >= 0.3 is 0 Å². The molecule has 0 aliphatic rings. The molecule has 11 heavy (non-hydrogen) atoms. The van der Waals surface area contributed by atoms with E-state index in [0.29, 0.717) is 0 Å². The van der Waals surface area contributed by atoms with Gasteiger partial charge in [-0.1, -0.05) is 6.58 Å². The molecule has 0 aromatic rings. The van der Waals surface area contributed by atoms with Gasteiger partial charge < -0.3 is 5.11 Å². The van der Waals surface area contributed by atoms with Gasteiger partial charge in [0.25, 0.3) is 0 Å². The van der Waals surface area contributed by atoms with Crippen LogP contribution < -0.4 is 0 Å². The summed E-state index contributed by atoms with van der Waals surface area (Å²) in [5.41, 5.74) is 0. The van der Waals surface area contributed by atoms with Crippen molar-refractivity contribution >= 4 is 6.72 Å². The van der Waals surface area contributed by atoms with Crippen LogP contribution in [0.2, 0.25) is 0 Å². The first kappa shape index (κ1) is 12.2. The highest BCUT2D eigenvalue weighted by Crippen LogP contribution is 1.82. The molecule has 0 radical (unpaired) electrons. The predicted molar refractivity (Wildman–Crippen MR) is 49.6 cm³/mol. The molecule has 0 fully saturated rings. The van der Waals surface area contributed by atoms with Crippen molar-refractivity contribution in [2.45, 2.75) is 13.8 Å². The van der Waals surface area contributed by atoms with Crippen LogP contribution in [0.1, 0.15) is 13.8 Å². The number of allylic oxidation sites excluding steroid dienone is 1. The highest BCUT2D eigenvalue weighted by Gasteiger charge is 1.68. The van der Waals surface area contributed by atoms with Crippen molar-refractivity contribution in [2.75, 3.05) is 0 Å². The lowest BCUT2D eigenvalue weighted by Gasteiger charge is -1.77. The van der Waals surface area contributed by atoms with Crippen molar-refractivity contribution < 1.29 is 5.11 Å². The van der Waals surface area contributed by atoms with E-state index in [4.69, 9.17) is 5.11 Å². The van der Waals surface area contributed by atoms with Crippen LogP contribution in [0.4, 0.5) is 0 Å². The van der Waals surface area contributed by atoms with Gasteiger partial charge in [-0.05, 0) is 26.6 Å². The monoisotopic (exact) mass is 151 g/mol. The Bertz CT molecular complexity index is 187. The summed E-state index contributed by atoms with van der Waals surface area (Å²) < 4.78 is 0. The fourth-order valence-corrected chi connectivity index (χ4v) is 0.139. The highest BCUT2D eigenvalue weighted by atomic mass is 16.3. The van der Waals surface area contributed by atoms with Crippen LogP contribution in [0.25, 0.3) is 0 Å². The van der Waals surface area contributed by atoms with Crippen LogP contribution >= 0.6 is 0 Å². The van der Waals surface area contributed by atoms with Crippen LogP contribution in [0.5, 0.6) is 0 Å². The SMILES string of the molecule is C=N/C=C\C(=C)O.CC#CC. The fourth-order valence-electron chi connectivity index (χ4n) is 0.139. The standard InChI is InChI=1S/C5H7NO.C4H6/c1-5(7)3-4-6-2;1-3-4-2/h3-4,7H,1-2H2;1-2H3/b4-3-;. The van der Waals surface area contributed by atoms with E-state index in [1.54, 1.807) is 0 Å². The maximum Gasteiger partial charge on any atom is 0.109 e. The molecule has 0 aliphatic heterocycles. The van der Waals surface area contributed by atoms with Crippen LogP contribution in [0, 0.1) is 11.8 Å². The second-order valence-electron chi connectivity index (χ2n) is 1.49. The largest absolute Gasteiger partial charge is 0.509 e. The molecule has 0 saturated heterocycles. The first-order chi connectivity index (χ1) is 5.18. The van der Waals surface area contributed by atoms with Crippen LogP contribution in [-0.4, -0.2) is 11.8 Å². The first-order valence-electron chi connectivity index (χ1n) is 3.02. The molecule has 2 heteroatoms. The van der Waals surface area contributed by atoms with Crippen LogP contribution in [-0.2, 0) is 0 Å². The smallest absolute Gasteiger partial charge is 0.109 e. The van der Waals surface area contributed by atoms with E-state index in [1.807, 2.05) is 13.8 Å². The molecule has 0 aromatic heterocycles. The minimum Gasteiger partial charge on any atom is -0.509 e. The molecule has 0 heterocycles. The lowest BCUT2D eigenvalue weighted by atomic mass is 10.5. The Morgan fingerprint density at radius 2 is 1.91 bits per heavy atom. The zero-order valence-corrected chi connectivity index (χ0v) is 6.96. The molecule has 0 bridgehead atoms. The van der Waals surface area contributed by atoms with E-state index >= 15 is 0 Å². The lowest BCUT2D eigenvalue weighted by Crippen LogP contribution is -1.63. The predicted octanol–water partition coefficient (Wildman–Crippen LogP) is 2.30. The molecule has 0 aliphatic carbocycles. The van der Waals surface area contributed by atoms with Gasteiger partial charge in [0, 0.05) is 6.20 Å². The van der Waals surface area contributed by atoms with Gasteiger partial charge in [0.1, 0.15) is 5.76 Å². The van der Waals surface area contributed by atoms with Crippen LogP contribution in [0.3, 0.4) is 0 Å². The summed E-state index contributed by atoms with van der Waals surface area (Å²) in [4.78, 5) is 3.32. The minimum absolute atomic E-state index is 0.00704. The number of rotatable bonds is 2. The topological polar surface area (TPSA) is 32.6 Å². The van der Waals surface area contributed by atoms with Crippen molar-refractivity contribution in [3.8, 4) is 11.8 Å². The summed E-state index contributed by atoms with van der Waals surface area (Å²) in [5, 5.41) is 8.31. The lowest BCUT2D eigenvalue weighted by molar-refractivity contribution is 0.435. The Morgan fingerprint density at radius 1 is 1.45 bits per heavy atom. The maximum absolute atomic E-state index is 8.31. The molecule has 60 valence electrons. The van der Waals surface area contributed by atoms with Gasteiger partial charge in [-0.15, -0.1) is 11.8 Å². The third-order valence-corrected chi connectivity index (χ3v) is 0.622. The summed E-state index contributed by atoms with van der Waals surface area (Å²) in [6.45, 7) is 9.96. The Balaban J connectivity index is 0. The summed E-state index contributed by atoms with van der Waals surface area (Å²) in [6.07, 6.45) is 2.72. The van der Waals surface area contributed by atoms with E-state index in [9.17, 15) is 0 Å². The van der Waals surface area contributed by atoms with Crippen LogP contribution in [0.15, 0.2) is 29.6 Å². The molecular weight excluding hydrogens is 138 g/mol. The van der Waals surface area contributed by atoms with Gasteiger partial charge in [0.15, 0.2) is 0 Å². The van der Waals surface area contributed by atoms with Gasteiger partial charge in [-0.25, -0.2) is 0 Å². The van der Waals surface area contributed by atoms with E-state index in [0.717, 1.165) is 0 Å². The number of aliphatic imine (C=N–C) groups is 1. The summed E-state index contributed by atoms with van der Waals surface area (Å²) in [6, 6.07) is 0. The molecule has 0 unspecified atom stereocenters. The zero-order chi connectivity index (χ0) is 9.11. The molecular formula is C9H13NO. The van der Waals surface area contributed by atoms with Crippen molar-refractivity contribution in [1.29, 1.82) is 0 Å². The normalized spacial score (nSPS) is 7.09. The van der Waals surface area contributed by atoms with Crippen molar-refractivity contribution in [3.63, 3.8) is 0 Å². The second-order valence-corrected chi connectivity index (χ2v) is 1.49. The quantitative estimate of drug-likeness (QED) is 0.279. The summed E-state index contributed by atoms with van der Waals surface area (Å²) in [7, 11) is 0. The Hall–Kier alpha value is -1.49. The molecule has 0 saturated carbocycles. The third kappa shape index (κ3) is 29.3. The Labute approximate surface area is 68.0 Å². The van der Waals surface area contributed by atoms with Gasteiger partial charge in [-0.3, -0.25) is 4.99 Å². The van der Waals surface area contributed by atoms with Gasteiger partial charge in [-0.2, -0.15) is 0 Å². The fraction of sp³-hybridized carbons (Fsp3) is 0.222. The first-order valence-corrected chi connectivity index (χ1v) is 3.02. The second kappa shape index (κ2) is 11.3. The zero-order valence-electron chi connectivity index (χ0n) is 6.96. The summed E-state index contributed by atoms with van der Waals surface area (Å²) >= 11 is 0. The Morgan fingerprint density at radius 3 is 2.00 bits per heavy atom. The van der Waals surface area contributed by atoms with E-state index in [2.05, 4.69) is 30.1 Å². The van der Waals surface area contributed by atoms with Crippen molar-refractivity contribution in [3.05, 3.63) is 24.6 Å². The molecule has 2 nitrogen and oxygen atoms in total. The number of aliphatic hydroxyl groups is 1. The number of hydrogen-bond donors (Lipinski definition) is 1. The number of hydrogen-bond acceptors (Lipinski definition) is 2. The number of nitrogens with zero attached hydrogens (tertiary/aromatic N) is 1. The van der Waals surface area contributed by atoms with E-state index < -0.39 is 0 Å². The number of aliphatic hydroxyl groups excluding tert-OH is 1. The minimum atomic E-state index is -0.00704. The van der Waals surface area contributed by atoms with Crippen molar-refractivity contribution in [1.82, 2.24) is 0 Å². The molecule has 0 rings (SSSR count). The van der Waals surface area contributed by atoms with E-state index in [-0.39, 0.29) is 5.76 Å². The van der Waals surface area contributed by atoms with E-state index in [1.165, 1.54) is 12.3 Å². The molecule has 1 N–H and O–H groups in total. The summed E-state index contributed by atoms with van der Waals surface area (Å²) in [5.74, 6) is 5.35. The van der Waals surface area contributed by atoms with Gasteiger partial charge in [0.2, 0.25) is 0 Å². The average molecular weight is 151 g/mol. The molecule has 0 aromatic carbocycles. The van der Waals surface area contributed by atoms with Crippen molar-refractivity contribution in [2.24, 2.45) is 4.99 Å². The Kier molecular flexibility index (Phi) is 12.6. The average Bonchev–Trinajstić information content (AvgIpc) is 2.01. The highest BCUT2D eigenvalue weighted by molar-refractivity contribution is 5.26. The maximum atomic E-state index is 8.31. The molecule has 0 amide bonds. The molecule has 0 spiro atoms. The molecule has 0 atom stereocenters. The third-order valence-electron chi connectivity index (χ3n) is 0.622. The van der Waals surface area contributed by atoms with Gasteiger partial charge in [0.05, 0.1) is 0 Å².